The first kappa shape index (κ1) is 19.6. The molecule has 2 N–H and O–H groups in total. The first-order chi connectivity index (χ1) is 14.9. The van der Waals surface area contributed by atoms with E-state index in [9.17, 15) is 8.78 Å². The Labute approximate surface area is 176 Å². The molecule has 0 aliphatic carbocycles. The Balaban J connectivity index is 1.41. The fraction of sp³-hybridized carbons (Fsp3) is 0.400. The molecule has 0 unspecified atom stereocenters. The van der Waals surface area contributed by atoms with Gasteiger partial charge in [-0.05, 0) is 25.1 Å². The molecule has 9 nitrogen and oxygen atoms in total. The van der Waals surface area contributed by atoms with Crippen molar-refractivity contribution in [3.63, 3.8) is 0 Å². The predicted octanol–water partition coefficient (Wildman–Crippen LogP) is 2.45. The fourth-order valence-corrected chi connectivity index (χ4v) is 4.11. The second kappa shape index (κ2) is 7.41. The van der Waals surface area contributed by atoms with Gasteiger partial charge in [-0.2, -0.15) is 9.61 Å². The summed E-state index contributed by atoms with van der Waals surface area (Å²) in [6, 6.07) is 7.20. The number of aromatic nitrogens is 6. The van der Waals surface area contributed by atoms with Crippen molar-refractivity contribution in [1.82, 2.24) is 34.3 Å². The summed E-state index contributed by atoms with van der Waals surface area (Å²) in [5.41, 5.74) is 8.02. The summed E-state index contributed by atoms with van der Waals surface area (Å²) in [7, 11) is 1.59. The maximum atomic E-state index is 13.0. The standard InChI is InChI=1S/C20H22F2N8O/c1-11(28-6-7-29-12(10-28)9-14(26-29)18(21)22)8-16-24-19-13-4-3-5-15(31-2)17(13)25-20(23)30(19)27-16/h3-5,9,11,18H,6-8,10H2,1-2H3,(H2,23,25)/t11-/m1/s1. The average molecular weight is 428 g/mol. The number of nitrogen functional groups attached to an aromatic ring is 1. The lowest BCUT2D eigenvalue weighted by atomic mass is 10.1. The molecule has 0 spiro atoms. The van der Waals surface area contributed by atoms with Crippen molar-refractivity contribution in [2.45, 2.75) is 38.9 Å². The van der Waals surface area contributed by atoms with Crippen LogP contribution in [0.5, 0.6) is 5.75 Å². The summed E-state index contributed by atoms with van der Waals surface area (Å²) in [5.74, 6) is 1.50. The van der Waals surface area contributed by atoms with E-state index in [4.69, 9.17) is 15.5 Å². The second-order valence-corrected chi connectivity index (χ2v) is 7.70. The van der Waals surface area contributed by atoms with Gasteiger partial charge in [0.1, 0.15) is 17.0 Å². The Morgan fingerprint density at radius 2 is 2.03 bits per heavy atom. The largest absolute Gasteiger partial charge is 0.494 e. The Bertz CT molecular complexity index is 1270. The van der Waals surface area contributed by atoms with Crippen LogP contribution in [-0.2, 0) is 19.5 Å². The number of halogens is 2. The molecule has 5 rings (SSSR count). The van der Waals surface area contributed by atoms with Crippen LogP contribution in [0.25, 0.3) is 16.6 Å². The maximum Gasteiger partial charge on any atom is 0.282 e. The molecule has 1 aliphatic rings. The molecular weight excluding hydrogens is 406 g/mol. The van der Waals surface area contributed by atoms with Crippen LogP contribution in [0.15, 0.2) is 24.3 Å². The van der Waals surface area contributed by atoms with Gasteiger partial charge in [0.25, 0.3) is 6.43 Å². The number of alkyl halides is 2. The normalized spacial score (nSPS) is 15.6. The van der Waals surface area contributed by atoms with Crippen LogP contribution in [0, 0.1) is 0 Å². The van der Waals surface area contributed by atoms with E-state index in [1.165, 1.54) is 6.07 Å². The van der Waals surface area contributed by atoms with E-state index in [0.717, 1.165) is 17.6 Å². The zero-order chi connectivity index (χ0) is 21.7. The summed E-state index contributed by atoms with van der Waals surface area (Å²) in [4.78, 5) is 11.4. The van der Waals surface area contributed by atoms with E-state index < -0.39 is 6.43 Å². The molecule has 0 fully saturated rings. The fourth-order valence-electron chi connectivity index (χ4n) is 4.11. The van der Waals surface area contributed by atoms with E-state index in [1.54, 1.807) is 16.3 Å². The Morgan fingerprint density at radius 3 is 2.81 bits per heavy atom. The number of methoxy groups -OCH3 is 1. The van der Waals surface area contributed by atoms with Gasteiger partial charge in [0.15, 0.2) is 11.5 Å². The summed E-state index contributed by atoms with van der Waals surface area (Å²) in [5, 5.41) is 9.36. The molecule has 4 heterocycles. The number of benzene rings is 1. The van der Waals surface area contributed by atoms with Gasteiger partial charge in [0.2, 0.25) is 5.95 Å². The number of hydrogen-bond donors (Lipinski definition) is 1. The lowest BCUT2D eigenvalue weighted by Gasteiger charge is -2.32. The van der Waals surface area contributed by atoms with E-state index in [2.05, 4.69) is 27.0 Å². The molecule has 4 aromatic rings. The van der Waals surface area contributed by atoms with Crippen molar-refractivity contribution >= 4 is 22.5 Å². The third-order valence-corrected chi connectivity index (χ3v) is 5.73. The average Bonchev–Trinajstić information content (AvgIpc) is 3.37. The zero-order valence-corrected chi connectivity index (χ0v) is 17.2. The Morgan fingerprint density at radius 1 is 1.19 bits per heavy atom. The van der Waals surface area contributed by atoms with E-state index >= 15 is 0 Å². The van der Waals surface area contributed by atoms with Crippen molar-refractivity contribution < 1.29 is 13.5 Å². The number of anilines is 1. The van der Waals surface area contributed by atoms with Crippen LogP contribution in [0.4, 0.5) is 14.7 Å². The Hall–Kier alpha value is -3.34. The number of para-hydroxylation sites is 1. The highest BCUT2D eigenvalue weighted by molar-refractivity contribution is 5.95. The number of hydrogen-bond acceptors (Lipinski definition) is 7. The number of ether oxygens (including phenoxy) is 1. The van der Waals surface area contributed by atoms with E-state index in [0.29, 0.717) is 42.2 Å². The molecule has 0 saturated carbocycles. The molecule has 1 aliphatic heterocycles. The van der Waals surface area contributed by atoms with Gasteiger partial charge >= 0.3 is 0 Å². The first-order valence-corrected chi connectivity index (χ1v) is 10.0. The quantitative estimate of drug-likeness (QED) is 0.521. The summed E-state index contributed by atoms with van der Waals surface area (Å²) in [6.45, 7) is 3.93. The number of nitrogens with zero attached hydrogens (tertiary/aromatic N) is 7. The highest BCUT2D eigenvalue weighted by atomic mass is 19.3. The van der Waals surface area contributed by atoms with Gasteiger partial charge in [0, 0.05) is 30.9 Å². The van der Waals surface area contributed by atoms with Gasteiger partial charge in [-0.1, -0.05) is 6.07 Å². The van der Waals surface area contributed by atoms with Crippen molar-refractivity contribution in [1.29, 1.82) is 0 Å². The molecule has 0 amide bonds. The van der Waals surface area contributed by atoms with Gasteiger partial charge in [-0.25, -0.2) is 18.7 Å². The highest BCUT2D eigenvalue weighted by Crippen LogP contribution is 2.28. The minimum Gasteiger partial charge on any atom is -0.494 e. The predicted molar refractivity (Wildman–Crippen MR) is 110 cm³/mol. The molecule has 0 saturated heterocycles. The van der Waals surface area contributed by atoms with Crippen LogP contribution < -0.4 is 10.5 Å². The van der Waals surface area contributed by atoms with E-state index in [-0.39, 0.29) is 17.7 Å². The minimum absolute atomic E-state index is 0.103. The van der Waals surface area contributed by atoms with Gasteiger partial charge < -0.3 is 10.5 Å². The first-order valence-electron chi connectivity index (χ1n) is 10.0. The highest BCUT2D eigenvalue weighted by Gasteiger charge is 2.25. The monoisotopic (exact) mass is 428 g/mol. The summed E-state index contributed by atoms with van der Waals surface area (Å²) < 4.78 is 34.5. The third-order valence-electron chi connectivity index (χ3n) is 5.73. The number of fused-ring (bicyclic) bond motifs is 4. The van der Waals surface area contributed by atoms with Crippen LogP contribution in [0.1, 0.15) is 30.6 Å². The second-order valence-electron chi connectivity index (χ2n) is 7.70. The molecule has 3 aromatic heterocycles. The molecular formula is C20H22F2N8O. The number of nitrogens with two attached hydrogens (primary N) is 1. The molecule has 0 bridgehead atoms. The van der Waals surface area contributed by atoms with Gasteiger partial charge in [-0.3, -0.25) is 9.58 Å². The Kier molecular flexibility index (Phi) is 4.69. The number of rotatable bonds is 5. The lowest BCUT2D eigenvalue weighted by molar-refractivity contribution is 0.142. The zero-order valence-electron chi connectivity index (χ0n) is 17.2. The smallest absolute Gasteiger partial charge is 0.282 e. The molecule has 31 heavy (non-hydrogen) atoms. The van der Waals surface area contributed by atoms with E-state index in [1.807, 2.05) is 18.2 Å². The maximum absolute atomic E-state index is 13.0. The van der Waals surface area contributed by atoms with Crippen LogP contribution in [0.2, 0.25) is 0 Å². The SMILES string of the molecule is COc1cccc2c1nc(N)n1nc(C[C@@H](C)N3CCn4nc(C(F)F)cc4C3)nc21. The van der Waals surface area contributed by atoms with Crippen LogP contribution in [-0.4, -0.2) is 54.0 Å². The van der Waals surface area contributed by atoms with Gasteiger partial charge in [-0.15, -0.1) is 5.10 Å². The van der Waals surface area contributed by atoms with Crippen LogP contribution in [0.3, 0.4) is 0 Å². The van der Waals surface area contributed by atoms with Crippen molar-refractivity contribution in [2.24, 2.45) is 0 Å². The van der Waals surface area contributed by atoms with Crippen molar-refractivity contribution in [3.8, 4) is 5.75 Å². The van der Waals surface area contributed by atoms with Crippen molar-refractivity contribution in [2.75, 3.05) is 19.4 Å². The minimum atomic E-state index is -2.56. The summed E-state index contributed by atoms with van der Waals surface area (Å²) >= 11 is 0. The van der Waals surface area contributed by atoms with Gasteiger partial charge in [0.05, 0.1) is 19.3 Å². The third kappa shape index (κ3) is 3.34. The summed E-state index contributed by atoms with van der Waals surface area (Å²) in [6.07, 6.45) is -1.97. The topological polar surface area (TPSA) is 99.4 Å². The molecule has 1 aromatic carbocycles. The van der Waals surface area contributed by atoms with Crippen LogP contribution >= 0.6 is 0 Å². The molecule has 11 heteroatoms. The molecule has 0 radical (unpaired) electrons. The lowest BCUT2D eigenvalue weighted by Crippen LogP contribution is -2.41. The molecule has 1 atom stereocenters. The van der Waals surface area contributed by atoms with Crippen molar-refractivity contribution in [3.05, 3.63) is 41.5 Å². The molecule has 162 valence electrons.